The molecule has 0 bridgehead atoms. The Hall–Kier alpha value is -1.49. The summed E-state index contributed by atoms with van der Waals surface area (Å²) in [5.41, 5.74) is 2.56. The van der Waals surface area contributed by atoms with E-state index >= 15 is 0 Å². The molecule has 2 amide bonds. The molecule has 0 aliphatic rings. The number of hydrogen-bond acceptors (Lipinski definition) is 3. The van der Waals surface area contributed by atoms with Crippen molar-refractivity contribution in [3.63, 3.8) is 0 Å². The fraction of sp³-hybridized carbons (Fsp3) is 0.529. The molecule has 122 valence electrons. The van der Waals surface area contributed by atoms with E-state index in [9.17, 15) is 9.59 Å². The van der Waals surface area contributed by atoms with E-state index in [1.807, 2.05) is 13.8 Å². The Bertz CT molecular complexity index is 529. The van der Waals surface area contributed by atoms with Gasteiger partial charge in [0.1, 0.15) is 6.04 Å². The molecule has 0 unspecified atom stereocenters. The highest BCUT2D eigenvalue weighted by Gasteiger charge is 2.22. The van der Waals surface area contributed by atoms with Crippen molar-refractivity contribution in [2.45, 2.75) is 45.6 Å². The predicted molar refractivity (Wildman–Crippen MR) is 92.1 cm³/mol. The smallest absolute Gasteiger partial charge is 0.242 e. The van der Waals surface area contributed by atoms with Gasteiger partial charge in [0, 0.05) is 24.1 Å². The Balaban J connectivity index is 2.40. The highest BCUT2D eigenvalue weighted by molar-refractivity contribution is 7.99. The van der Waals surface area contributed by atoms with Crippen LogP contribution in [0.25, 0.3) is 0 Å². The quantitative estimate of drug-likeness (QED) is 0.599. The summed E-state index contributed by atoms with van der Waals surface area (Å²) in [6.45, 7) is 10.0. The van der Waals surface area contributed by atoms with Crippen molar-refractivity contribution < 1.29 is 9.59 Å². The SMILES string of the molecule is CC(=O)N[C@@H](C(=O)NCCSc1ccc(C)c(C)c1)C(C)C. The Morgan fingerprint density at radius 1 is 1.18 bits per heavy atom. The molecular weight excluding hydrogens is 296 g/mol. The van der Waals surface area contributed by atoms with E-state index in [0.717, 1.165) is 5.75 Å². The number of carbonyl (C=O) groups excluding carboxylic acids is 2. The fourth-order valence-electron chi connectivity index (χ4n) is 2.01. The van der Waals surface area contributed by atoms with Crippen molar-refractivity contribution in [2.24, 2.45) is 5.92 Å². The maximum atomic E-state index is 12.1. The molecule has 0 fully saturated rings. The largest absolute Gasteiger partial charge is 0.353 e. The number of aryl methyl sites for hydroxylation is 2. The zero-order valence-electron chi connectivity index (χ0n) is 14.0. The number of carbonyl (C=O) groups is 2. The number of rotatable bonds is 7. The molecular formula is C17H26N2O2S. The zero-order valence-corrected chi connectivity index (χ0v) is 14.8. The van der Waals surface area contributed by atoms with Gasteiger partial charge in [0.2, 0.25) is 11.8 Å². The Morgan fingerprint density at radius 2 is 1.86 bits per heavy atom. The van der Waals surface area contributed by atoms with Crippen LogP contribution in [0.3, 0.4) is 0 Å². The Labute approximate surface area is 137 Å². The van der Waals surface area contributed by atoms with Gasteiger partial charge in [0.05, 0.1) is 0 Å². The topological polar surface area (TPSA) is 58.2 Å². The van der Waals surface area contributed by atoms with Gasteiger partial charge in [-0.05, 0) is 43.0 Å². The third-order valence-electron chi connectivity index (χ3n) is 3.46. The van der Waals surface area contributed by atoms with Crippen LogP contribution in [0.4, 0.5) is 0 Å². The molecule has 2 N–H and O–H groups in total. The minimum Gasteiger partial charge on any atom is -0.353 e. The van der Waals surface area contributed by atoms with Gasteiger partial charge in [0.15, 0.2) is 0 Å². The van der Waals surface area contributed by atoms with Crippen LogP contribution in [0.1, 0.15) is 31.9 Å². The van der Waals surface area contributed by atoms with Crippen LogP contribution in [-0.4, -0.2) is 30.2 Å². The number of nitrogens with one attached hydrogen (secondary N) is 2. The molecule has 0 aliphatic carbocycles. The van der Waals surface area contributed by atoms with E-state index in [4.69, 9.17) is 0 Å². The molecule has 0 heterocycles. The average Bonchev–Trinajstić information content (AvgIpc) is 2.44. The van der Waals surface area contributed by atoms with Crippen molar-refractivity contribution in [2.75, 3.05) is 12.3 Å². The molecule has 22 heavy (non-hydrogen) atoms. The fourth-order valence-corrected chi connectivity index (χ4v) is 2.87. The van der Waals surface area contributed by atoms with E-state index in [-0.39, 0.29) is 17.7 Å². The summed E-state index contributed by atoms with van der Waals surface area (Å²) in [5.74, 6) is 0.569. The van der Waals surface area contributed by atoms with Crippen molar-refractivity contribution in [3.05, 3.63) is 29.3 Å². The van der Waals surface area contributed by atoms with E-state index in [0.29, 0.717) is 6.54 Å². The number of amides is 2. The summed E-state index contributed by atoms with van der Waals surface area (Å²) >= 11 is 1.72. The van der Waals surface area contributed by atoms with Crippen LogP contribution >= 0.6 is 11.8 Å². The van der Waals surface area contributed by atoms with E-state index in [2.05, 4.69) is 42.7 Å². The van der Waals surface area contributed by atoms with Crippen LogP contribution < -0.4 is 10.6 Å². The van der Waals surface area contributed by atoms with Crippen LogP contribution in [0.5, 0.6) is 0 Å². The van der Waals surface area contributed by atoms with Gasteiger partial charge in [-0.3, -0.25) is 9.59 Å². The lowest BCUT2D eigenvalue weighted by atomic mass is 10.0. The van der Waals surface area contributed by atoms with Gasteiger partial charge in [0.25, 0.3) is 0 Å². The van der Waals surface area contributed by atoms with Gasteiger partial charge in [-0.1, -0.05) is 19.9 Å². The lowest BCUT2D eigenvalue weighted by molar-refractivity contribution is -0.129. The number of thioether (sulfide) groups is 1. The first-order valence-corrected chi connectivity index (χ1v) is 8.54. The first-order chi connectivity index (χ1) is 10.3. The monoisotopic (exact) mass is 322 g/mol. The van der Waals surface area contributed by atoms with Gasteiger partial charge in [-0.2, -0.15) is 0 Å². The van der Waals surface area contributed by atoms with E-state index in [1.165, 1.54) is 22.9 Å². The van der Waals surface area contributed by atoms with Crippen LogP contribution in [0.2, 0.25) is 0 Å². The molecule has 1 atom stereocenters. The standard InChI is InChI=1S/C17H26N2O2S/c1-11(2)16(19-14(5)20)17(21)18-8-9-22-15-7-6-12(3)13(4)10-15/h6-7,10-11,16H,8-9H2,1-5H3,(H,18,21)(H,19,20)/t16-/m1/s1. The summed E-state index contributed by atoms with van der Waals surface area (Å²) in [4.78, 5) is 24.4. The summed E-state index contributed by atoms with van der Waals surface area (Å²) < 4.78 is 0. The van der Waals surface area contributed by atoms with Crippen molar-refractivity contribution >= 4 is 23.6 Å². The molecule has 1 aromatic carbocycles. The molecule has 0 saturated carbocycles. The summed E-state index contributed by atoms with van der Waals surface area (Å²) in [7, 11) is 0. The first kappa shape index (κ1) is 18.6. The normalized spacial score (nSPS) is 12.1. The van der Waals surface area contributed by atoms with Gasteiger partial charge in [-0.15, -0.1) is 11.8 Å². The van der Waals surface area contributed by atoms with Crippen LogP contribution in [-0.2, 0) is 9.59 Å². The second-order valence-corrected chi connectivity index (χ2v) is 6.98. The highest BCUT2D eigenvalue weighted by atomic mass is 32.2. The number of hydrogen-bond donors (Lipinski definition) is 2. The van der Waals surface area contributed by atoms with Gasteiger partial charge < -0.3 is 10.6 Å². The minimum absolute atomic E-state index is 0.0660. The molecule has 0 aromatic heterocycles. The van der Waals surface area contributed by atoms with Crippen LogP contribution in [0.15, 0.2) is 23.1 Å². The maximum absolute atomic E-state index is 12.1. The van der Waals surface area contributed by atoms with Crippen LogP contribution in [0, 0.1) is 19.8 Å². The molecule has 0 saturated heterocycles. The highest BCUT2D eigenvalue weighted by Crippen LogP contribution is 2.20. The molecule has 5 heteroatoms. The number of benzene rings is 1. The second-order valence-electron chi connectivity index (χ2n) is 5.81. The molecule has 0 radical (unpaired) electrons. The third kappa shape index (κ3) is 6.10. The van der Waals surface area contributed by atoms with E-state index < -0.39 is 6.04 Å². The van der Waals surface area contributed by atoms with Gasteiger partial charge in [-0.25, -0.2) is 0 Å². The second kappa shape index (κ2) is 8.83. The lowest BCUT2D eigenvalue weighted by Crippen LogP contribution is -2.49. The molecule has 4 nitrogen and oxygen atoms in total. The summed E-state index contributed by atoms with van der Waals surface area (Å²) in [6, 6.07) is 5.91. The van der Waals surface area contributed by atoms with Crippen molar-refractivity contribution in [1.82, 2.24) is 10.6 Å². The Morgan fingerprint density at radius 3 is 2.41 bits per heavy atom. The molecule has 1 rings (SSSR count). The maximum Gasteiger partial charge on any atom is 0.242 e. The molecule has 0 spiro atoms. The average molecular weight is 322 g/mol. The Kier molecular flexibility index (Phi) is 7.45. The zero-order chi connectivity index (χ0) is 16.7. The van der Waals surface area contributed by atoms with Crippen molar-refractivity contribution in [1.29, 1.82) is 0 Å². The van der Waals surface area contributed by atoms with E-state index in [1.54, 1.807) is 11.8 Å². The minimum atomic E-state index is -0.468. The molecule has 1 aromatic rings. The third-order valence-corrected chi connectivity index (χ3v) is 4.45. The first-order valence-electron chi connectivity index (χ1n) is 7.56. The van der Waals surface area contributed by atoms with Gasteiger partial charge >= 0.3 is 0 Å². The summed E-state index contributed by atoms with van der Waals surface area (Å²) in [6.07, 6.45) is 0. The summed E-state index contributed by atoms with van der Waals surface area (Å²) in [5, 5.41) is 5.58. The van der Waals surface area contributed by atoms with Crippen molar-refractivity contribution in [3.8, 4) is 0 Å². The lowest BCUT2D eigenvalue weighted by Gasteiger charge is -2.20. The molecule has 0 aliphatic heterocycles. The predicted octanol–water partition coefficient (Wildman–Crippen LogP) is 2.67.